The molecule has 28 heavy (non-hydrogen) atoms. The molecule has 5 heterocycles. The van der Waals surface area contributed by atoms with Crippen LogP contribution in [0.25, 0.3) is 5.82 Å². The number of aromatic nitrogens is 6. The van der Waals surface area contributed by atoms with Gasteiger partial charge in [-0.3, -0.25) is 14.7 Å². The van der Waals surface area contributed by atoms with E-state index in [9.17, 15) is 14.7 Å². The third kappa shape index (κ3) is 2.60. The molecule has 0 radical (unpaired) electrons. The largest absolute Gasteiger partial charge is 0.394 e. The van der Waals surface area contributed by atoms with Crippen LogP contribution in [0.4, 0.5) is 0 Å². The second kappa shape index (κ2) is 6.66. The highest BCUT2D eigenvalue weighted by Gasteiger charge is 2.50. The first-order valence-electron chi connectivity index (χ1n) is 9.65. The molecular weight excluding hydrogens is 364 g/mol. The van der Waals surface area contributed by atoms with E-state index in [0.29, 0.717) is 30.9 Å². The van der Waals surface area contributed by atoms with Crippen molar-refractivity contribution in [1.29, 1.82) is 0 Å². The monoisotopic (exact) mass is 386 g/mol. The Morgan fingerprint density at radius 1 is 1.32 bits per heavy atom. The first-order valence-corrected chi connectivity index (χ1v) is 9.65. The molecule has 2 bridgehead atoms. The molecule has 148 valence electrons. The number of nitrogens with zero attached hydrogens (tertiary/aromatic N) is 7. The van der Waals surface area contributed by atoms with E-state index < -0.39 is 0 Å². The average molecular weight is 386 g/mol. The van der Waals surface area contributed by atoms with E-state index in [1.54, 1.807) is 0 Å². The zero-order valence-electron chi connectivity index (χ0n) is 15.3. The Balaban J connectivity index is 1.42. The van der Waals surface area contributed by atoms with Gasteiger partial charge in [0.25, 0.3) is 5.91 Å². The summed E-state index contributed by atoms with van der Waals surface area (Å²) in [5, 5.41) is 27.8. The fourth-order valence-electron chi connectivity index (χ4n) is 5.22. The van der Waals surface area contributed by atoms with Gasteiger partial charge in [-0.25, -0.2) is 0 Å². The van der Waals surface area contributed by atoms with Crippen LogP contribution in [0.15, 0.2) is 12.5 Å². The number of fused-ring (bicyclic) bond motifs is 4. The standard InChI is InChI=1S/C17H22N8O3/c26-8-14-11-4-10(13-2-1-3-15(27)25(13)14)6-23(7-11)17(28)12-5-18-20-16(12)24-9-19-21-22-24/h5,9-11,13-14,26H,1-4,6-8H2,(H,18,20)/t10-,11+,13+,14+/m1/s1. The van der Waals surface area contributed by atoms with Crippen molar-refractivity contribution in [2.45, 2.75) is 37.8 Å². The molecule has 3 aliphatic rings. The quantitative estimate of drug-likeness (QED) is 0.707. The molecule has 2 aromatic heterocycles. The predicted octanol–water partition coefficient (Wildman–Crippen LogP) is -0.781. The lowest BCUT2D eigenvalue weighted by molar-refractivity contribution is -0.154. The van der Waals surface area contributed by atoms with Gasteiger partial charge < -0.3 is 14.9 Å². The summed E-state index contributed by atoms with van der Waals surface area (Å²) in [5.74, 6) is 0.744. The minimum absolute atomic E-state index is 0.0662. The smallest absolute Gasteiger partial charge is 0.259 e. The Labute approximate surface area is 160 Å². The molecule has 3 saturated heterocycles. The highest BCUT2D eigenvalue weighted by Crippen LogP contribution is 2.41. The molecule has 3 aliphatic heterocycles. The zero-order chi connectivity index (χ0) is 19.3. The summed E-state index contributed by atoms with van der Waals surface area (Å²) < 4.78 is 1.38. The van der Waals surface area contributed by atoms with Gasteiger partial charge in [0.05, 0.1) is 18.8 Å². The summed E-state index contributed by atoms with van der Waals surface area (Å²) in [6.07, 6.45) is 6.20. The topological polar surface area (TPSA) is 133 Å². The number of carbonyl (C=O) groups is 2. The molecule has 2 amide bonds. The van der Waals surface area contributed by atoms with Gasteiger partial charge in [0.1, 0.15) is 11.9 Å². The molecule has 2 N–H and O–H groups in total. The number of rotatable bonds is 3. The first-order chi connectivity index (χ1) is 13.7. The number of H-pyrrole nitrogens is 1. The lowest BCUT2D eigenvalue weighted by atomic mass is 9.72. The van der Waals surface area contributed by atoms with Crippen LogP contribution in [0, 0.1) is 11.8 Å². The van der Waals surface area contributed by atoms with E-state index in [1.807, 2.05) is 9.80 Å². The van der Waals surface area contributed by atoms with Gasteiger partial charge in [0.2, 0.25) is 5.91 Å². The normalized spacial score (nSPS) is 29.7. The third-order valence-electron chi connectivity index (χ3n) is 6.40. The first kappa shape index (κ1) is 17.3. The zero-order valence-corrected chi connectivity index (χ0v) is 15.3. The molecule has 2 aromatic rings. The van der Waals surface area contributed by atoms with E-state index >= 15 is 0 Å². The molecular formula is C17H22N8O3. The Bertz CT molecular complexity index is 867. The third-order valence-corrected chi connectivity index (χ3v) is 6.40. The van der Waals surface area contributed by atoms with Crippen molar-refractivity contribution in [2.24, 2.45) is 11.8 Å². The lowest BCUT2D eigenvalue weighted by Crippen LogP contribution is -2.66. The summed E-state index contributed by atoms with van der Waals surface area (Å²) >= 11 is 0. The number of tetrazole rings is 1. The van der Waals surface area contributed by atoms with Gasteiger partial charge in [0.15, 0.2) is 5.82 Å². The summed E-state index contributed by atoms with van der Waals surface area (Å²) in [7, 11) is 0. The summed E-state index contributed by atoms with van der Waals surface area (Å²) in [4.78, 5) is 29.5. The van der Waals surface area contributed by atoms with E-state index in [-0.39, 0.29) is 42.3 Å². The van der Waals surface area contributed by atoms with Crippen molar-refractivity contribution in [1.82, 2.24) is 40.2 Å². The molecule has 0 saturated carbocycles. The predicted molar refractivity (Wildman–Crippen MR) is 94.2 cm³/mol. The van der Waals surface area contributed by atoms with Crippen molar-refractivity contribution < 1.29 is 14.7 Å². The van der Waals surface area contributed by atoms with Gasteiger partial charge in [-0.15, -0.1) is 5.10 Å². The molecule has 4 atom stereocenters. The SMILES string of the molecule is O=C(c1cn[nH]c1-n1cnnn1)N1C[C@H]2C[C@@H](C1)[C@H](CO)N1C(=O)CCC[C@@H]21. The molecule has 0 aromatic carbocycles. The van der Waals surface area contributed by atoms with Gasteiger partial charge in [-0.1, -0.05) is 0 Å². The maximum atomic E-state index is 13.3. The number of aromatic amines is 1. The molecule has 5 rings (SSSR count). The van der Waals surface area contributed by atoms with Crippen LogP contribution in [0.3, 0.4) is 0 Å². The van der Waals surface area contributed by atoms with Gasteiger partial charge in [-0.2, -0.15) is 9.78 Å². The Morgan fingerprint density at radius 2 is 2.18 bits per heavy atom. The highest BCUT2D eigenvalue weighted by molar-refractivity contribution is 5.97. The average Bonchev–Trinajstić information content (AvgIpc) is 3.40. The molecule has 0 aliphatic carbocycles. The second-order valence-electron chi connectivity index (χ2n) is 7.86. The number of aliphatic hydroxyl groups is 1. The van der Waals surface area contributed by atoms with Gasteiger partial charge >= 0.3 is 0 Å². The fourth-order valence-corrected chi connectivity index (χ4v) is 5.22. The van der Waals surface area contributed by atoms with Crippen LogP contribution < -0.4 is 0 Å². The van der Waals surface area contributed by atoms with Crippen molar-refractivity contribution >= 4 is 11.8 Å². The molecule has 11 nitrogen and oxygen atoms in total. The van der Waals surface area contributed by atoms with Crippen LogP contribution in [0.1, 0.15) is 36.0 Å². The van der Waals surface area contributed by atoms with Gasteiger partial charge in [-0.05, 0) is 41.5 Å². The van der Waals surface area contributed by atoms with Crippen LogP contribution in [0.2, 0.25) is 0 Å². The van der Waals surface area contributed by atoms with Crippen LogP contribution in [0.5, 0.6) is 0 Å². The Kier molecular flexibility index (Phi) is 4.11. The Hall–Kier alpha value is -2.82. The maximum Gasteiger partial charge on any atom is 0.259 e. The van der Waals surface area contributed by atoms with E-state index in [4.69, 9.17) is 0 Å². The summed E-state index contributed by atoms with van der Waals surface area (Å²) in [6, 6.07) is -0.110. The van der Waals surface area contributed by atoms with Gasteiger partial charge in [0, 0.05) is 25.6 Å². The second-order valence-corrected chi connectivity index (χ2v) is 7.86. The number of piperidine rings is 3. The number of hydrogen-bond donors (Lipinski definition) is 2. The maximum absolute atomic E-state index is 13.3. The fraction of sp³-hybridized carbons (Fsp3) is 0.647. The number of carbonyl (C=O) groups excluding carboxylic acids is 2. The lowest BCUT2D eigenvalue weighted by Gasteiger charge is -2.56. The van der Waals surface area contributed by atoms with E-state index in [0.717, 1.165) is 19.3 Å². The van der Waals surface area contributed by atoms with Crippen LogP contribution >= 0.6 is 0 Å². The number of hydrogen-bond acceptors (Lipinski definition) is 7. The van der Waals surface area contributed by atoms with Crippen molar-refractivity contribution in [3.8, 4) is 5.82 Å². The van der Waals surface area contributed by atoms with Crippen molar-refractivity contribution in [3.05, 3.63) is 18.1 Å². The van der Waals surface area contributed by atoms with Crippen LogP contribution in [-0.2, 0) is 4.79 Å². The number of amides is 2. The van der Waals surface area contributed by atoms with E-state index in [1.165, 1.54) is 17.2 Å². The summed E-state index contributed by atoms with van der Waals surface area (Å²) in [6.45, 7) is 1.04. The summed E-state index contributed by atoms with van der Waals surface area (Å²) in [5.41, 5.74) is 0.407. The minimum Gasteiger partial charge on any atom is -0.394 e. The molecule has 0 unspecified atom stereocenters. The van der Waals surface area contributed by atoms with Crippen molar-refractivity contribution in [2.75, 3.05) is 19.7 Å². The molecule has 3 fully saturated rings. The van der Waals surface area contributed by atoms with Crippen molar-refractivity contribution in [3.63, 3.8) is 0 Å². The number of likely N-dealkylation sites (tertiary alicyclic amines) is 1. The minimum atomic E-state index is -0.215. The van der Waals surface area contributed by atoms with Crippen LogP contribution in [-0.4, -0.2) is 88.9 Å². The Morgan fingerprint density at radius 3 is 2.96 bits per heavy atom. The molecule has 11 heteroatoms. The highest BCUT2D eigenvalue weighted by atomic mass is 16.3. The number of aliphatic hydroxyl groups excluding tert-OH is 1. The number of nitrogens with one attached hydrogen (secondary N) is 1. The van der Waals surface area contributed by atoms with E-state index in [2.05, 4.69) is 25.7 Å². The molecule has 0 spiro atoms.